The van der Waals surface area contributed by atoms with Gasteiger partial charge in [-0.2, -0.15) is 0 Å². The molecule has 2 aromatic rings. The highest BCUT2D eigenvalue weighted by Gasteiger charge is 2.48. The van der Waals surface area contributed by atoms with Gasteiger partial charge in [-0.15, -0.1) is 0 Å². The molecule has 0 aromatic heterocycles. The average molecular weight is 498 g/mol. The van der Waals surface area contributed by atoms with Crippen LogP contribution in [0.2, 0.25) is 0 Å². The second-order valence-electron chi connectivity index (χ2n) is 9.08. The molecule has 10 nitrogen and oxygen atoms in total. The highest BCUT2D eigenvalue weighted by molar-refractivity contribution is 6.09. The van der Waals surface area contributed by atoms with Crippen molar-refractivity contribution in [2.45, 2.75) is 50.0 Å². The number of phenols is 1. The van der Waals surface area contributed by atoms with Crippen molar-refractivity contribution in [3.63, 3.8) is 0 Å². The number of aldehydes is 1. The number of fused-ring (bicyclic) bond motifs is 3. The number of Topliss-reactive ketones (excluding diaryl/α,β-unsaturated/α-hetero) is 1. The normalized spacial score (nSPS) is 27.6. The Bertz CT molecular complexity index is 1280. The van der Waals surface area contributed by atoms with E-state index in [-0.39, 0.29) is 34.8 Å². The summed E-state index contributed by atoms with van der Waals surface area (Å²) in [4.78, 5) is 25.0. The van der Waals surface area contributed by atoms with E-state index in [4.69, 9.17) is 18.9 Å². The molecule has 0 spiro atoms. The van der Waals surface area contributed by atoms with E-state index in [1.165, 1.54) is 33.3 Å². The summed E-state index contributed by atoms with van der Waals surface area (Å²) in [6, 6.07) is 6.06. The molecule has 0 bridgehead atoms. The van der Waals surface area contributed by atoms with Crippen LogP contribution < -0.4 is 9.47 Å². The molecule has 2 aliphatic heterocycles. The maximum atomic E-state index is 13.3. The molecule has 190 valence electrons. The van der Waals surface area contributed by atoms with Crippen LogP contribution in [0.1, 0.15) is 51.7 Å². The minimum absolute atomic E-state index is 0.0288. The summed E-state index contributed by atoms with van der Waals surface area (Å²) >= 11 is 0. The lowest BCUT2D eigenvalue weighted by Gasteiger charge is -2.35. The third-order valence-corrected chi connectivity index (χ3v) is 7.00. The summed E-state index contributed by atoms with van der Waals surface area (Å²) in [7, 11) is 2.87. The fourth-order valence-electron chi connectivity index (χ4n) is 5.25. The first-order valence-electron chi connectivity index (χ1n) is 11.4. The summed E-state index contributed by atoms with van der Waals surface area (Å²) in [5.41, 5.74) is 2.11. The third-order valence-electron chi connectivity index (χ3n) is 7.00. The van der Waals surface area contributed by atoms with Gasteiger partial charge in [0.15, 0.2) is 5.76 Å². The Kier molecular flexibility index (Phi) is 6.09. The molecule has 0 radical (unpaired) electrons. The lowest BCUT2D eigenvalue weighted by molar-refractivity contribution is -0.117. The van der Waals surface area contributed by atoms with Crippen molar-refractivity contribution in [1.82, 2.24) is 0 Å². The SMILES string of the molecule is COc1cc(C=O)c2c(c1)C1=C(Oc3c([C@H]4O[C@@H](C(C)O)[C@H](O)[C@H]4O)ccc(O)c3C1OC)C(=O)C2. The van der Waals surface area contributed by atoms with Gasteiger partial charge in [-0.25, -0.2) is 0 Å². The van der Waals surface area contributed by atoms with Crippen LogP contribution in [0.3, 0.4) is 0 Å². The Morgan fingerprint density at radius 3 is 2.53 bits per heavy atom. The molecule has 4 N–H and O–H groups in total. The lowest BCUT2D eigenvalue weighted by atomic mass is 9.79. The number of methoxy groups -OCH3 is 2. The van der Waals surface area contributed by atoms with Crippen LogP contribution in [0.4, 0.5) is 0 Å². The Morgan fingerprint density at radius 2 is 1.92 bits per heavy atom. The Hall–Kier alpha value is -3.28. The van der Waals surface area contributed by atoms with Crippen molar-refractivity contribution in [2.24, 2.45) is 0 Å². The molecule has 3 aliphatic rings. The van der Waals surface area contributed by atoms with Crippen molar-refractivity contribution >= 4 is 17.6 Å². The number of benzene rings is 2. The van der Waals surface area contributed by atoms with E-state index < -0.39 is 42.4 Å². The average Bonchev–Trinajstić information content (AvgIpc) is 3.17. The number of ether oxygens (including phenoxy) is 4. The number of carbonyl (C=O) groups is 2. The monoisotopic (exact) mass is 498 g/mol. The highest BCUT2D eigenvalue weighted by Crippen LogP contribution is 2.54. The number of hydrogen-bond donors (Lipinski definition) is 4. The molecule has 6 atom stereocenters. The van der Waals surface area contributed by atoms with E-state index in [1.54, 1.807) is 12.1 Å². The number of aromatic hydroxyl groups is 1. The van der Waals surface area contributed by atoms with Crippen LogP contribution in [-0.2, 0) is 20.7 Å². The molecule has 10 heteroatoms. The smallest absolute Gasteiger partial charge is 0.202 e. The van der Waals surface area contributed by atoms with Gasteiger partial charge in [-0.3, -0.25) is 9.59 Å². The molecular formula is C26H26O10. The fourth-order valence-corrected chi connectivity index (χ4v) is 5.25. The molecule has 0 saturated carbocycles. The van der Waals surface area contributed by atoms with Crippen molar-refractivity contribution < 1.29 is 49.0 Å². The van der Waals surface area contributed by atoms with Crippen molar-refractivity contribution in [3.8, 4) is 17.2 Å². The highest BCUT2D eigenvalue weighted by atomic mass is 16.6. The standard InChI is InChI=1S/C26H26O10/c1-10(28)22-20(31)21(32)24(35-22)13-4-5-16(29)19-23(13)36-25-17(30)8-14-11(9-27)6-12(33-2)7-15(14)18(25)26(19)34-3/h4-7,9-10,20-22,24,26,28-29,31-32H,8H2,1-3H3/t10?,20-,21-,22+,24-,26?/m1/s1. The van der Waals surface area contributed by atoms with Gasteiger partial charge in [0, 0.05) is 30.2 Å². The van der Waals surface area contributed by atoms with Gasteiger partial charge in [0.25, 0.3) is 0 Å². The second kappa shape index (κ2) is 8.99. The topological polar surface area (TPSA) is 152 Å². The van der Waals surface area contributed by atoms with Crippen LogP contribution in [-0.4, -0.2) is 71.1 Å². The first-order valence-corrected chi connectivity index (χ1v) is 11.4. The van der Waals surface area contributed by atoms with E-state index in [9.17, 15) is 30.0 Å². The van der Waals surface area contributed by atoms with Crippen molar-refractivity contribution in [1.29, 1.82) is 0 Å². The third kappa shape index (κ3) is 3.53. The number of aliphatic hydroxyl groups is 3. The van der Waals surface area contributed by atoms with Crippen LogP contribution in [0, 0.1) is 0 Å². The molecule has 36 heavy (non-hydrogen) atoms. The van der Waals surface area contributed by atoms with Gasteiger partial charge in [0.2, 0.25) is 5.78 Å². The first kappa shape index (κ1) is 24.4. The van der Waals surface area contributed by atoms with E-state index in [1.807, 2.05) is 0 Å². The summed E-state index contributed by atoms with van der Waals surface area (Å²) in [6.07, 6.45) is -6.42. The number of hydrogen-bond acceptors (Lipinski definition) is 10. The van der Waals surface area contributed by atoms with Gasteiger partial charge in [-0.1, -0.05) is 0 Å². The maximum absolute atomic E-state index is 13.3. The second-order valence-corrected chi connectivity index (χ2v) is 9.08. The zero-order chi connectivity index (χ0) is 25.9. The largest absolute Gasteiger partial charge is 0.507 e. The predicted octanol–water partition coefficient (Wildman–Crippen LogP) is 1.37. The van der Waals surface area contributed by atoms with Gasteiger partial charge >= 0.3 is 0 Å². The number of aliphatic hydroxyl groups excluding tert-OH is 3. The minimum Gasteiger partial charge on any atom is -0.507 e. The zero-order valence-corrected chi connectivity index (χ0v) is 19.8. The Balaban J connectivity index is 1.70. The quantitative estimate of drug-likeness (QED) is 0.445. The molecule has 1 fully saturated rings. The Morgan fingerprint density at radius 1 is 1.17 bits per heavy atom. The van der Waals surface area contributed by atoms with Gasteiger partial charge < -0.3 is 39.4 Å². The number of allylic oxidation sites excluding steroid dienone is 1. The minimum atomic E-state index is -1.40. The van der Waals surface area contributed by atoms with Gasteiger partial charge in [-0.05, 0) is 42.3 Å². The lowest BCUT2D eigenvalue weighted by Crippen LogP contribution is -2.37. The van der Waals surface area contributed by atoms with E-state index in [2.05, 4.69) is 0 Å². The molecule has 2 heterocycles. The zero-order valence-electron chi connectivity index (χ0n) is 19.8. The summed E-state index contributed by atoms with van der Waals surface area (Å²) in [5.74, 6) is -0.165. The van der Waals surface area contributed by atoms with E-state index in [0.29, 0.717) is 34.3 Å². The molecule has 0 amide bonds. The molecule has 5 rings (SSSR count). The molecular weight excluding hydrogens is 472 g/mol. The van der Waals surface area contributed by atoms with Crippen LogP contribution in [0.5, 0.6) is 17.2 Å². The predicted molar refractivity (Wildman–Crippen MR) is 124 cm³/mol. The number of carbonyl (C=O) groups excluding carboxylic acids is 2. The molecule has 2 aromatic carbocycles. The van der Waals surface area contributed by atoms with Crippen molar-refractivity contribution in [3.05, 3.63) is 57.8 Å². The summed E-state index contributed by atoms with van der Waals surface area (Å²) < 4.78 is 23.0. The van der Waals surface area contributed by atoms with Crippen LogP contribution in [0.15, 0.2) is 30.0 Å². The first-order chi connectivity index (χ1) is 17.2. The van der Waals surface area contributed by atoms with E-state index >= 15 is 0 Å². The molecule has 2 unspecified atom stereocenters. The summed E-state index contributed by atoms with van der Waals surface area (Å²) in [6.45, 7) is 1.43. The number of ketones is 1. The fraction of sp³-hybridized carbons (Fsp3) is 0.385. The van der Waals surface area contributed by atoms with E-state index in [0.717, 1.165) is 0 Å². The summed E-state index contributed by atoms with van der Waals surface area (Å²) in [5, 5.41) is 41.9. The van der Waals surface area contributed by atoms with Gasteiger partial charge in [0.1, 0.15) is 54.1 Å². The maximum Gasteiger partial charge on any atom is 0.202 e. The number of rotatable bonds is 5. The van der Waals surface area contributed by atoms with Crippen LogP contribution >= 0.6 is 0 Å². The molecule has 1 aliphatic carbocycles. The van der Waals surface area contributed by atoms with Crippen LogP contribution in [0.25, 0.3) is 5.57 Å². The Labute approximate surface area is 206 Å². The van der Waals surface area contributed by atoms with Gasteiger partial charge in [0.05, 0.1) is 18.8 Å². The van der Waals surface area contributed by atoms with Crippen molar-refractivity contribution in [2.75, 3.05) is 14.2 Å². The molecule has 1 saturated heterocycles. The number of phenolic OH excluding ortho intramolecular Hbond substituents is 1.